The van der Waals surface area contributed by atoms with Gasteiger partial charge in [-0.2, -0.15) is 18.3 Å². The van der Waals surface area contributed by atoms with E-state index in [-0.39, 0.29) is 24.3 Å². The second kappa shape index (κ2) is 7.12. The summed E-state index contributed by atoms with van der Waals surface area (Å²) in [6.45, 7) is 3.61. The Morgan fingerprint density at radius 2 is 1.93 bits per heavy atom. The van der Waals surface area contributed by atoms with Crippen LogP contribution in [0.3, 0.4) is 0 Å². The molecule has 6 nitrogen and oxygen atoms in total. The van der Waals surface area contributed by atoms with Gasteiger partial charge < -0.3 is 14.7 Å². The molecule has 1 N–H and O–H groups in total. The van der Waals surface area contributed by atoms with E-state index < -0.39 is 23.3 Å². The number of nitrogens with zero attached hydrogens (tertiary/aromatic N) is 3. The lowest BCUT2D eigenvalue weighted by molar-refractivity contribution is -0.138. The zero-order valence-corrected chi connectivity index (χ0v) is 15.8. The molecule has 0 unspecified atom stereocenters. The zero-order chi connectivity index (χ0) is 20.7. The van der Waals surface area contributed by atoms with Crippen LogP contribution in [0.15, 0.2) is 35.3 Å². The van der Waals surface area contributed by atoms with Crippen LogP contribution in [0, 0.1) is 5.41 Å². The van der Waals surface area contributed by atoms with Crippen molar-refractivity contribution < 1.29 is 23.0 Å². The molecule has 28 heavy (non-hydrogen) atoms. The molecule has 1 saturated heterocycles. The molecular formula is C19H22F3N3O3. The molecule has 1 aliphatic rings. The Kier molecular flexibility index (Phi) is 5.14. The van der Waals surface area contributed by atoms with E-state index in [0.29, 0.717) is 17.9 Å². The van der Waals surface area contributed by atoms with E-state index in [0.717, 1.165) is 10.9 Å². The maximum atomic E-state index is 13.7. The lowest BCUT2D eigenvalue weighted by Gasteiger charge is -2.55. The first-order valence-corrected chi connectivity index (χ1v) is 8.76. The van der Waals surface area contributed by atoms with Gasteiger partial charge in [0.05, 0.1) is 38.2 Å². The Balaban J connectivity index is 2.00. The van der Waals surface area contributed by atoms with E-state index in [9.17, 15) is 23.1 Å². The van der Waals surface area contributed by atoms with Gasteiger partial charge in [0.15, 0.2) is 0 Å². The molecule has 0 amide bonds. The van der Waals surface area contributed by atoms with Crippen molar-refractivity contribution in [2.75, 3.05) is 25.2 Å². The van der Waals surface area contributed by atoms with E-state index in [1.54, 1.807) is 24.3 Å². The Hall–Kier alpha value is -2.55. The molecule has 2 aromatic rings. The number of halogens is 3. The number of alkyl halides is 3. The lowest BCUT2D eigenvalue weighted by Crippen LogP contribution is -2.64. The van der Waals surface area contributed by atoms with Gasteiger partial charge in [-0.1, -0.05) is 26.0 Å². The van der Waals surface area contributed by atoms with Gasteiger partial charge >= 0.3 is 6.18 Å². The fourth-order valence-electron chi connectivity index (χ4n) is 3.54. The molecule has 1 aliphatic heterocycles. The summed E-state index contributed by atoms with van der Waals surface area (Å²) in [6, 6.07) is 6.13. The van der Waals surface area contributed by atoms with Crippen molar-refractivity contribution in [1.29, 1.82) is 0 Å². The summed E-state index contributed by atoms with van der Waals surface area (Å²) < 4.78 is 47.0. The minimum atomic E-state index is -4.84. The highest BCUT2D eigenvalue weighted by molar-refractivity contribution is 5.56. The van der Waals surface area contributed by atoms with E-state index in [4.69, 9.17) is 4.74 Å². The van der Waals surface area contributed by atoms with Crippen LogP contribution >= 0.6 is 0 Å². The molecule has 1 aromatic carbocycles. The van der Waals surface area contributed by atoms with Crippen molar-refractivity contribution in [1.82, 2.24) is 9.78 Å². The van der Waals surface area contributed by atoms with Gasteiger partial charge in [-0.25, -0.2) is 4.68 Å². The molecule has 1 fully saturated rings. The standard InChI is InChI=1S/C19H22F3N3O3/c1-18(2)11-24(15(18)10-26)14-8-23-25(17(27)16(14)19(20,21)22)9-12-4-6-13(28-3)7-5-12/h4-8,15,26H,9-11H2,1-3H3/t15-/m1/s1. The Morgan fingerprint density at radius 3 is 2.43 bits per heavy atom. The number of aromatic nitrogens is 2. The average Bonchev–Trinajstić information content (AvgIpc) is 2.61. The summed E-state index contributed by atoms with van der Waals surface area (Å²) in [4.78, 5) is 14.0. The molecule has 9 heteroatoms. The number of hydrogen-bond acceptors (Lipinski definition) is 5. The number of aliphatic hydroxyl groups excluding tert-OH is 1. The summed E-state index contributed by atoms with van der Waals surface area (Å²) in [7, 11) is 1.51. The van der Waals surface area contributed by atoms with Crippen molar-refractivity contribution >= 4 is 5.69 Å². The quantitative estimate of drug-likeness (QED) is 0.840. The summed E-state index contributed by atoms with van der Waals surface area (Å²) in [5.74, 6) is 0.603. The van der Waals surface area contributed by atoms with Crippen LogP contribution < -0.4 is 15.2 Å². The van der Waals surface area contributed by atoms with E-state index in [1.807, 2.05) is 13.8 Å². The Labute approximate surface area is 160 Å². The number of rotatable bonds is 5. The second-order valence-corrected chi connectivity index (χ2v) is 7.53. The normalized spacial score (nSPS) is 18.7. The van der Waals surface area contributed by atoms with Crippen LogP contribution in [0.5, 0.6) is 5.75 Å². The molecule has 152 valence electrons. The molecule has 1 aromatic heterocycles. The van der Waals surface area contributed by atoms with Crippen LogP contribution in [-0.2, 0) is 12.7 Å². The number of anilines is 1. The van der Waals surface area contributed by atoms with Crippen molar-refractivity contribution in [3.8, 4) is 5.75 Å². The SMILES string of the molecule is COc1ccc(Cn2ncc(N3CC(C)(C)[C@H]3CO)c(C(F)(F)F)c2=O)cc1. The largest absolute Gasteiger partial charge is 0.497 e. The first-order valence-electron chi connectivity index (χ1n) is 8.76. The highest BCUT2D eigenvalue weighted by atomic mass is 19.4. The van der Waals surface area contributed by atoms with Gasteiger partial charge in [-0.15, -0.1) is 0 Å². The van der Waals surface area contributed by atoms with Crippen LogP contribution in [0.2, 0.25) is 0 Å². The highest BCUT2D eigenvalue weighted by Gasteiger charge is 2.49. The van der Waals surface area contributed by atoms with Crippen LogP contribution in [0.4, 0.5) is 18.9 Å². The average molecular weight is 397 g/mol. The predicted octanol–water partition coefficient (Wildman–Crippen LogP) is 2.53. The smallest absolute Gasteiger partial charge is 0.423 e. The van der Waals surface area contributed by atoms with E-state index >= 15 is 0 Å². The van der Waals surface area contributed by atoms with Gasteiger partial charge in [-0.3, -0.25) is 4.79 Å². The Morgan fingerprint density at radius 1 is 1.29 bits per heavy atom. The molecular weight excluding hydrogens is 375 g/mol. The maximum Gasteiger partial charge on any atom is 0.423 e. The maximum absolute atomic E-state index is 13.7. The van der Waals surface area contributed by atoms with Crippen molar-refractivity contribution in [3.63, 3.8) is 0 Å². The highest BCUT2D eigenvalue weighted by Crippen LogP contribution is 2.43. The third-order valence-corrected chi connectivity index (χ3v) is 5.14. The van der Waals surface area contributed by atoms with E-state index in [1.165, 1.54) is 12.0 Å². The second-order valence-electron chi connectivity index (χ2n) is 7.53. The third-order valence-electron chi connectivity index (χ3n) is 5.14. The van der Waals surface area contributed by atoms with Gasteiger partial charge in [0, 0.05) is 12.0 Å². The van der Waals surface area contributed by atoms with Gasteiger partial charge in [0.2, 0.25) is 0 Å². The zero-order valence-electron chi connectivity index (χ0n) is 15.8. The fraction of sp³-hybridized carbons (Fsp3) is 0.474. The third kappa shape index (κ3) is 3.58. The van der Waals surface area contributed by atoms with E-state index in [2.05, 4.69) is 5.10 Å². The molecule has 0 aliphatic carbocycles. The van der Waals surface area contributed by atoms with Crippen LogP contribution in [0.1, 0.15) is 25.0 Å². The minimum absolute atomic E-state index is 0.0961. The predicted molar refractivity (Wildman–Crippen MR) is 97.6 cm³/mol. The monoisotopic (exact) mass is 397 g/mol. The first kappa shape index (κ1) is 20.2. The van der Waals surface area contributed by atoms with Crippen molar-refractivity contribution in [3.05, 3.63) is 51.9 Å². The summed E-state index contributed by atoms with van der Waals surface area (Å²) >= 11 is 0. The molecule has 1 atom stereocenters. The number of ether oxygens (including phenoxy) is 1. The van der Waals surface area contributed by atoms with Crippen LogP contribution in [0.25, 0.3) is 0 Å². The van der Waals surface area contributed by atoms with Gasteiger partial charge in [0.1, 0.15) is 11.3 Å². The topological polar surface area (TPSA) is 67.6 Å². The number of aliphatic hydroxyl groups is 1. The minimum Gasteiger partial charge on any atom is -0.497 e. The number of hydrogen-bond donors (Lipinski definition) is 1. The number of methoxy groups -OCH3 is 1. The molecule has 0 spiro atoms. The van der Waals surface area contributed by atoms with Crippen LogP contribution in [-0.4, -0.2) is 41.2 Å². The summed E-state index contributed by atoms with van der Waals surface area (Å²) in [6.07, 6.45) is -3.78. The van der Waals surface area contributed by atoms with Crippen molar-refractivity contribution in [2.45, 2.75) is 32.6 Å². The summed E-state index contributed by atoms with van der Waals surface area (Å²) in [5, 5.41) is 13.5. The fourth-order valence-corrected chi connectivity index (χ4v) is 3.54. The molecule has 0 radical (unpaired) electrons. The molecule has 2 heterocycles. The molecule has 3 rings (SSSR count). The first-order chi connectivity index (χ1) is 13.1. The van der Waals surface area contributed by atoms with Gasteiger partial charge in [-0.05, 0) is 17.7 Å². The number of benzene rings is 1. The lowest BCUT2D eigenvalue weighted by atomic mass is 9.75. The van der Waals surface area contributed by atoms with Gasteiger partial charge in [0.25, 0.3) is 5.56 Å². The summed E-state index contributed by atoms with van der Waals surface area (Å²) in [5.41, 5.74) is -2.49. The Bertz CT molecular complexity index is 907. The van der Waals surface area contributed by atoms with Crippen molar-refractivity contribution in [2.24, 2.45) is 5.41 Å². The molecule has 0 bridgehead atoms. The molecule has 0 saturated carbocycles.